The number of fused-ring (bicyclic) bond motifs is 1. The number of hydrogen-bond acceptors (Lipinski definition) is 10. The Hall–Kier alpha value is -0.620. The molecule has 3 rings (SSSR count). The minimum Gasteiger partial charge on any atom is -0.777 e. The fraction of sp³-hybridized carbons (Fsp3) is 0.545. The molecule has 0 amide bonds. The van der Waals surface area contributed by atoms with Gasteiger partial charge in [-0.1, -0.05) is 0 Å². The molecule has 3 heterocycles. The molecular formula is C11H15N5NaO6P. The Morgan fingerprint density at radius 1 is 1.58 bits per heavy atom. The van der Waals surface area contributed by atoms with Crippen LogP contribution in [0.15, 0.2) is 12.7 Å². The van der Waals surface area contributed by atoms with Crippen LogP contribution in [0.5, 0.6) is 0 Å². The molecule has 0 radical (unpaired) electrons. The Bertz CT molecular complexity index is 774. The van der Waals surface area contributed by atoms with Crippen LogP contribution >= 0.6 is 7.60 Å². The molecule has 0 aromatic carbocycles. The molecule has 1 fully saturated rings. The number of nitrogen functional groups attached to an aromatic ring is 1. The van der Waals surface area contributed by atoms with Crippen molar-refractivity contribution >= 4 is 24.6 Å². The molecular weight excluding hydrogens is 352 g/mol. The molecule has 1 saturated heterocycles. The van der Waals surface area contributed by atoms with Crippen LogP contribution in [0.4, 0.5) is 5.82 Å². The summed E-state index contributed by atoms with van der Waals surface area (Å²) in [6.45, 7) is -0.0314. The summed E-state index contributed by atoms with van der Waals surface area (Å²) in [5.41, 5.74) is 6.34. The van der Waals surface area contributed by atoms with Crippen LogP contribution in [0.2, 0.25) is 0 Å². The molecule has 2 aromatic heterocycles. The summed E-state index contributed by atoms with van der Waals surface area (Å²) in [5, 5.41) is 9.80. The summed E-state index contributed by atoms with van der Waals surface area (Å²) in [6, 6.07) is 0. The molecule has 3 atom stereocenters. The van der Waals surface area contributed by atoms with Gasteiger partial charge in [0.2, 0.25) is 0 Å². The number of aromatic nitrogens is 4. The van der Waals surface area contributed by atoms with Crippen molar-refractivity contribution in [3.05, 3.63) is 12.7 Å². The maximum absolute atomic E-state index is 11.6. The molecule has 3 N–H and O–H groups in total. The third-order valence-electron chi connectivity index (χ3n) is 3.45. The van der Waals surface area contributed by atoms with Gasteiger partial charge < -0.3 is 34.3 Å². The van der Waals surface area contributed by atoms with Crippen molar-refractivity contribution in [2.45, 2.75) is 18.4 Å². The zero-order valence-corrected chi connectivity index (χ0v) is 16.0. The standard InChI is InChI=1S/C11H16N5O6P.Na/c1-20-23(18,19)6-22-11(2-7(17)3-21-11)16-5-15-8-9(12)13-4-14-10(8)16;/h4-5,7,17H,2-3,6H2,1H3,(H,18,19)(H2,12,13,14);/q;+1/p-1/t7-,11-;/m0./s1. The Morgan fingerprint density at radius 3 is 2.96 bits per heavy atom. The molecule has 13 heteroatoms. The topological polar surface area (TPSA) is 158 Å². The molecule has 2 aromatic rings. The van der Waals surface area contributed by atoms with Crippen molar-refractivity contribution in [1.29, 1.82) is 0 Å². The molecule has 126 valence electrons. The van der Waals surface area contributed by atoms with Gasteiger partial charge in [0, 0.05) is 7.11 Å². The third kappa shape index (κ3) is 3.64. The number of hydrogen-bond donors (Lipinski definition) is 2. The van der Waals surface area contributed by atoms with E-state index in [-0.39, 0.29) is 48.4 Å². The normalized spacial score (nSPS) is 26.2. The van der Waals surface area contributed by atoms with E-state index in [2.05, 4.69) is 19.5 Å². The maximum atomic E-state index is 11.6. The Balaban J connectivity index is 0.00000208. The summed E-state index contributed by atoms with van der Waals surface area (Å²) < 4.78 is 28.3. The van der Waals surface area contributed by atoms with Gasteiger partial charge in [-0.05, 0) is 0 Å². The SMILES string of the molecule is COP(=O)([O-])CO[C@]1(n2cnc3c(N)ncnc32)C[C@H](O)CO1.[Na+]. The fourth-order valence-electron chi connectivity index (χ4n) is 2.31. The van der Waals surface area contributed by atoms with Crippen LogP contribution in [0.1, 0.15) is 6.42 Å². The third-order valence-corrected chi connectivity index (χ3v) is 4.45. The monoisotopic (exact) mass is 367 g/mol. The first-order chi connectivity index (χ1) is 10.9. The first kappa shape index (κ1) is 19.7. The van der Waals surface area contributed by atoms with Crippen LogP contribution in [0.25, 0.3) is 11.2 Å². The van der Waals surface area contributed by atoms with Crippen molar-refractivity contribution in [3.63, 3.8) is 0 Å². The van der Waals surface area contributed by atoms with E-state index in [0.717, 1.165) is 7.11 Å². The first-order valence-electron chi connectivity index (χ1n) is 6.63. The summed E-state index contributed by atoms with van der Waals surface area (Å²) in [4.78, 5) is 23.5. The Kier molecular flexibility index (Phi) is 6.01. The number of imidazole rings is 1. The quantitative estimate of drug-likeness (QED) is 0.394. The molecule has 0 bridgehead atoms. The number of rotatable bonds is 5. The van der Waals surface area contributed by atoms with Crippen LogP contribution in [0.3, 0.4) is 0 Å². The van der Waals surface area contributed by atoms with E-state index in [1.54, 1.807) is 0 Å². The minimum atomic E-state index is -4.18. The zero-order valence-electron chi connectivity index (χ0n) is 13.2. The predicted molar refractivity (Wildman–Crippen MR) is 74.9 cm³/mol. The van der Waals surface area contributed by atoms with Crippen molar-refractivity contribution in [1.82, 2.24) is 19.5 Å². The smallest absolute Gasteiger partial charge is 0.777 e. The summed E-state index contributed by atoms with van der Waals surface area (Å²) in [7, 11) is -3.15. The number of nitrogens with zero attached hydrogens (tertiary/aromatic N) is 4. The number of aliphatic hydroxyl groups excluding tert-OH is 1. The predicted octanol–water partition coefficient (Wildman–Crippen LogP) is -4.02. The number of nitrogens with two attached hydrogens (primary N) is 1. The summed E-state index contributed by atoms with van der Waals surface area (Å²) in [6.07, 6.45) is 1.00. The van der Waals surface area contributed by atoms with E-state index in [0.29, 0.717) is 11.2 Å². The van der Waals surface area contributed by atoms with Gasteiger partial charge in [0.05, 0.1) is 19.1 Å². The zero-order chi connectivity index (χ0) is 16.7. The minimum absolute atomic E-state index is 0. The van der Waals surface area contributed by atoms with E-state index < -0.39 is 26.0 Å². The van der Waals surface area contributed by atoms with Crippen molar-refractivity contribution < 1.29 is 58.1 Å². The maximum Gasteiger partial charge on any atom is 1.00 e. The van der Waals surface area contributed by atoms with Gasteiger partial charge in [0.1, 0.15) is 24.5 Å². The first-order valence-corrected chi connectivity index (χ1v) is 8.35. The van der Waals surface area contributed by atoms with Gasteiger partial charge in [-0.3, -0.25) is 4.57 Å². The summed E-state index contributed by atoms with van der Waals surface area (Å²) >= 11 is 0. The van der Waals surface area contributed by atoms with Gasteiger partial charge >= 0.3 is 29.6 Å². The average molecular weight is 367 g/mol. The fourth-order valence-corrected chi connectivity index (χ4v) is 2.78. The van der Waals surface area contributed by atoms with E-state index in [9.17, 15) is 14.6 Å². The van der Waals surface area contributed by atoms with Crippen molar-refractivity contribution in [2.24, 2.45) is 0 Å². The molecule has 24 heavy (non-hydrogen) atoms. The van der Waals surface area contributed by atoms with Gasteiger partial charge in [0.15, 0.2) is 19.1 Å². The van der Waals surface area contributed by atoms with Crippen molar-refractivity contribution in [3.8, 4) is 0 Å². The molecule has 0 saturated carbocycles. The molecule has 1 unspecified atom stereocenters. The van der Waals surface area contributed by atoms with Crippen molar-refractivity contribution in [2.75, 3.05) is 25.8 Å². The van der Waals surface area contributed by atoms with Gasteiger partial charge in [-0.25, -0.2) is 15.0 Å². The molecule has 11 nitrogen and oxygen atoms in total. The van der Waals surface area contributed by atoms with Gasteiger partial charge in [-0.2, -0.15) is 0 Å². The summed E-state index contributed by atoms with van der Waals surface area (Å²) in [5.74, 6) is -1.41. The Morgan fingerprint density at radius 2 is 2.33 bits per heavy atom. The second kappa shape index (κ2) is 7.32. The Labute approximate surface area is 159 Å². The van der Waals surface area contributed by atoms with Crippen LogP contribution in [-0.2, 0) is 24.5 Å². The second-order valence-corrected chi connectivity index (χ2v) is 6.84. The van der Waals surface area contributed by atoms with Gasteiger partial charge in [-0.15, -0.1) is 0 Å². The van der Waals surface area contributed by atoms with E-state index >= 15 is 0 Å². The average Bonchev–Trinajstić information content (AvgIpc) is 3.11. The van der Waals surface area contributed by atoms with Crippen LogP contribution < -0.4 is 40.2 Å². The van der Waals surface area contributed by atoms with Crippen LogP contribution in [0, 0.1) is 0 Å². The molecule has 1 aliphatic heterocycles. The molecule has 0 aliphatic carbocycles. The van der Waals surface area contributed by atoms with E-state index in [4.69, 9.17) is 15.2 Å². The second-order valence-electron chi connectivity index (χ2n) is 4.99. The van der Waals surface area contributed by atoms with Gasteiger partial charge in [0.25, 0.3) is 5.91 Å². The number of ether oxygens (including phenoxy) is 2. The number of aliphatic hydroxyl groups is 1. The molecule has 0 spiro atoms. The largest absolute Gasteiger partial charge is 1.00 e. The van der Waals surface area contributed by atoms with E-state index in [1.165, 1.54) is 17.2 Å². The number of anilines is 1. The van der Waals surface area contributed by atoms with E-state index in [1.807, 2.05) is 0 Å². The van der Waals surface area contributed by atoms with Crippen LogP contribution in [-0.4, -0.2) is 50.8 Å². The molecule has 1 aliphatic rings.